The van der Waals surface area contributed by atoms with E-state index in [-0.39, 0.29) is 11.9 Å². The van der Waals surface area contributed by atoms with E-state index < -0.39 is 6.04 Å². The summed E-state index contributed by atoms with van der Waals surface area (Å²) in [6.45, 7) is 2.43. The molecule has 0 spiro atoms. The third-order valence-corrected chi connectivity index (χ3v) is 2.57. The summed E-state index contributed by atoms with van der Waals surface area (Å²) in [5.74, 6) is -0.417. The Bertz CT molecular complexity index is 273. The van der Waals surface area contributed by atoms with E-state index in [2.05, 4.69) is 0 Å². The first-order valence-corrected chi connectivity index (χ1v) is 5.21. The number of hydrogen-bond donors (Lipinski definition) is 0. The summed E-state index contributed by atoms with van der Waals surface area (Å²) in [4.78, 5) is 24.7. The molecular weight excluding hydrogens is 194 g/mol. The molecule has 4 nitrogen and oxygen atoms in total. The number of rotatable bonds is 2. The summed E-state index contributed by atoms with van der Waals surface area (Å²) in [5, 5.41) is 0. The lowest BCUT2D eigenvalue weighted by molar-refractivity contribution is -0.153. The van der Waals surface area contributed by atoms with Gasteiger partial charge in [0.2, 0.25) is 5.91 Å². The van der Waals surface area contributed by atoms with Gasteiger partial charge in [0.25, 0.3) is 0 Å². The van der Waals surface area contributed by atoms with Gasteiger partial charge in [-0.1, -0.05) is 6.08 Å². The highest BCUT2D eigenvalue weighted by Gasteiger charge is 2.31. The lowest BCUT2D eigenvalue weighted by Gasteiger charge is -2.32. The maximum Gasteiger partial charge on any atom is 0.328 e. The Balaban J connectivity index is 2.73. The number of piperidine rings is 1. The van der Waals surface area contributed by atoms with Crippen molar-refractivity contribution in [3.63, 3.8) is 0 Å². The molecule has 84 valence electrons. The molecule has 0 aromatic rings. The number of carbonyl (C=O) groups excluding carboxylic acids is 2. The molecule has 4 heteroatoms. The Morgan fingerprint density at radius 3 is 2.73 bits per heavy atom. The monoisotopic (exact) mass is 211 g/mol. The fourth-order valence-electron chi connectivity index (χ4n) is 1.81. The fourth-order valence-corrected chi connectivity index (χ4v) is 1.81. The van der Waals surface area contributed by atoms with Crippen LogP contribution in [0.2, 0.25) is 0 Å². The smallest absolute Gasteiger partial charge is 0.328 e. The number of amides is 1. The number of likely N-dealkylation sites (tertiary alicyclic amines) is 1. The highest BCUT2D eigenvalue weighted by atomic mass is 16.5. The van der Waals surface area contributed by atoms with Crippen LogP contribution in [-0.4, -0.2) is 36.5 Å². The van der Waals surface area contributed by atoms with E-state index in [1.165, 1.54) is 13.2 Å². The number of hydrogen-bond acceptors (Lipinski definition) is 3. The summed E-state index contributed by atoms with van der Waals surface area (Å²) in [6.07, 6.45) is 5.80. The molecule has 1 saturated heterocycles. The third-order valence-electron chi connectivity index (χ3n) is 2.57. The number of methoxy groups -OCH3 is 1. The summed E-state index contributed by atoms with van der Waals surface area (Å²) in [5.41, 5.74) is 0. The molecule has 1 atom stereocenters. The van der Waals surface area contributed by atoms with Crippen molar-refractivity contribution in [2.24, 2.45) is 0 Å². The number of nitrogens with zero attached hydrogens (tertiary/aromatic N) is 1. The quantitative estimate of drug-likeness (QED) is 0.508. The molecule has 0 saturated carbocycles. The van der Waals surface area contributed by atoms with Gasteiger partial charge >= 0.3 is 5.97 Å². The third kappa shape index (κ3) is 2.81. The molecule has 0 aliphatic carbocycles. The van der Waals surface area contributed by atoms with E-state index >= 15 is 0 Å². The Morgan fingerprint density at radius 2 is 2.13 bits per heavy atom. The normalized spacial score (nSPS) is 21.7. The molecule has 1 unspecified atom stereocenters. The van der Waals surface area contributed by atoms with Crippen molar-refractivity contribution < 1.29 is 14.3 Å². The molecule has 0 N–H and O–H groups in total. The molecule has 0 bridgehead atoms. The molecule has 0 radical (unpaired) electrons. The van der Waals surface area contributed by atoms with Gasteiger partial charge in [-0.05, 0) is 32.3 Å². The van der Waals surface area contributed by atoms with Gasteiger partial charge in [0, 0.05) is 6.54 Å². The first kappa shape index (κ1) is 11.8. The maximum absolute atomic E-state index is 11.7. The van der Waals surface area contributed by atoms with Gasteiger partial charge in [-0.2, -0.15) is 0 Å². The molecule has 1 heterocycles. The second-order valence-corrected chi connectivity index (χ2v) is 3.57. The van der Waals surface area contributed by atoms with Crippen molar-refractivity contribution in [1.82, 2.24) is 4.90 Å². The topological polar surface area (TPSA) is 46.6 Å². The number of esters is 1. The molecule has 1 amide bonds. The van der Waals surface area contributed by atoms with Crippen LogP contribution < -0.4 is 0 Å². The van der Waals surface area contributed by atoms with Crippen LogP contribution in [0.1, 0.15) is 26.2 Å². The molecule has 1 rings (SSSR count). The summed E-state index contributed by atoms with van der Waals surface area (Å²) >= 11 is 0. The lowest BCUT2D eigenvalue weighted by Crippen LogP contribution is -2.47. The van der Waals surface area contributed by atoms with Crippen LogP contribution >= 0.6 is 0 Å². The zero-order chi connectivity index (χ0) is 11.3. The Labute approximate surface area is 89.9 Å². The van der Waals surface area contributed by atoms with Crippen LogP contribution in [-0.2, 0) is 14.3 Å². The summed E-state index contributed by atoms with van der Waals surface area (Å²) in [6, 6.07) is -0.396. The summed E-state index contributed by atoms with van der Waals surface area (Å²) in [7, 11) is 1.36. The highest BCUT2D eigenvalue weighted by Crippen LogP contribution is 2.18. The van der Waals surface area contributed by atoms with Crippen molar-refractivity contribution in [3.8, 4) is 0 Å². The van der Waals surface area contributed by atoms with Gasteiger partial charge in [-0.25, -0.2) is 4.79 Å². The van der Waals surface area contributed by atoms with Crippen LogP contribution in [0.15, 0.2) is 12.2 Å². The second-order valence-electron chi connectivity index (χ2n) is 3.57. The summed E-state index contributed by atoms with van der Waals surface area (Å²) < 4.78 is 4.69. The Kier molecular flexibility index (Phi) is 4.34. The minimum absolute atomic E-state index is 0.104. The molecule has 1 aliphatic heterocycles. The van der Waals surface area contributed by atoms with Crippen LogP contribution in [0.5, 0.6) is 0 Å². The Morgan fingerprint density at radius 1 is 1.40 bits per heavy atom. The van der Waals surface area contributed by atoms with Crippen molar-refractivity contribution >= 4 is 11.9 Å². The predicted molar refractivity (Wildman–Crippen MR) is 56.2 cm³/mol. The average Bonchev–Trinajstić information content (AvgIpc) is 2.28. The van der Waals surface area contributed by atoms with Crippen LogP contribution in [0.4, 0.5) is 0 Å². The Hall–Kier alpha value is -1.32. The van der Waals surface area contributed by atoms with Crippen molar-refractivity contribution in [2.75, 3.05) is 13.7 Å². The first-order chi connectivity index (χ1) is 7.20. The van der Waals surface area contributed by atoms with Gasteiger partial charge in [-0.15, -0.1) is 0 Å². The molecule has 0 aromatic heterocycles. The standard InChI is InChI=1S/C11H17NO3/c1-3-6-10(13)12-8-5-4-7-9(12)11(14)15-2/h3,6,9H,4-5,7-8H2,1-2H3/b6-3+. The van der Waals surface area contributed by atoms with E-state index in [4.69, 9.17) is 4.74 Å². The highest BCUT2D eigenvalue weighted by molar-refractivity contribution is 5.91. The van der Waals surface area contributed by atoms with E-state index in [0.29, 0.717) is 13.0 Å². The predicted octanol–water partition coefficient (Wildman–Crippen LogP) is 1.12. The number of ether oxygens (including phenoxy) is 1. The van der Waals surface area contributed by atoms with Gasteiger partial charge in [0.05, 0.1) is 7.11 Å². The van der Waals surface area contributed by atoms with Crippen molar-refractivity contribution in [3.05, 3.63) is 12.2 Å². The van der Waals surface area contributed by atoms with Gasteiger partial charge < -0.3 is 9.64 Å². The van der Waals surface area contributed by atoms with E-state index in [0.717, 1.165) is 12.8 Å². The second kappa shape index (κ2) is 5.53. The largest absolute Gasteiger partial charge is 0.467 e. The number of carbonyl (C=O) groups is 2. The van der Waals surface area contributed by atoms with Crippen LogP contribution in [0.25, 0.3) is 0 Å². The van der Waals surface area contributed by atoms with Gasteiger partial charge in [0.15, 0.2) is 0 Å². The van der Waals surface area contributed by atoms with Gasteiger partial charge in [-0.3, -0.25) is 4.79 Å². The number of allylic oxidation sites excluding steroid dienone is 1. The maximum atomic E-state index is 11.7. The van der Waals surface area contributed by atoms with Crippen molar-refractivity contribution in [2.45, 2.75) is 32.2 Å². The fraction of sp³-hybridized carbons (Fsp3) is 0.636. The minimum Gasteiger partial charge on any atom is -0.467 e. The van der Waals surface area contributed by atoms with Gasteiger partial charge in [0.1, 0.15) is 6.04 Å². The first-order valence-electron chi connectivity index (χ1n) is 5.21. The van der Waals surface area contributed by atoms with Crippen LogP contribution in [0, 0.1) is 0 Å². The lowest BCUT2D eigenvalue weighted by atomic mass is 10.0. The van der Waals surface area contributed by atoms with E-state index in [9.17, 15) is 9.59 Å². The molecular formula is C11H17NO3. The van der Waals surface area contributed by atoms with Crippen molar-refractivity contribution in [1.29, 1.82) is 0 Å². The molecule has 15 heavy (non-hydrogen) atoms. The zero-order valence-electron chi connectivity index (χ0n) is 9.23. The SMILES string of the molecule is C/C=C/C(=O)N1CCCCC1C(=O)OC. The molecule has 0 aromatic carbocycles. The van der Waals surface area contributed by atoms with E-state index in [1.54, 1.807) is 17.9 Å². The molecule has 1 aliphatic rings. The zero-order valence-corrected chi connectivity index (χ0v) is 9.23. The average molecular weight is 211 g/mol. The van der Waals surface area contributed by atoms with Crippen LogP contribution in [0.3, 0.4) is 0 Å². The molecule has 1 fully saturated rings. The minimum atomic E-state index is -0.396. The van der Waals surface area contributed by atoms with E-state index in [1.807, 2.05) is 0 Å².